The Morgan fingerprint density at radius 1 is 1.12 bits per heavy atom. The first-order valence-corrected chi connectivity index (χ1v) is 9.58. The van der Waals surface area contributed by atoms with Gasteiger partial charge in [-0.05, 0) is 48.2 Å². The van der Waals surface area contributed by atoms with Crippen molar-refractivity contribution >= 4 is 44.4 Å². The maximum Gasteiger partial charge on any atom is 0.270 e. The highest BCUT2D eigenvalue weighted by Gasteiger charge is 2.34. The van der Waals surface area contributed by atoms with Gasteiger partial charge in [0, 0.05) is 0 Å². The van der Waals surface area contributed by atoms with Gasteiger partial charge in [0.15, 0.2) is 5.16 Å². The van der Waals surface area contributed by atoms with Crippen molar-refractivity contribution in [3.05, 3.63) is 48.5 Å². The molecule has 10 heteroatoms. The highest BCUT2D eigenvalue weighted by atomic mass is 32.2. The maximum absolute atomic E-state index is 12.5. The summed E-state index contributed by atoms with van der Waals surface area (Å²) in [7, 11) is -3.75. The molecule has 0 unspecified atom stereocenters. The fourth-order valence-electron chi connectivity index (χ4n) is 2.45. The van der Waals surface area contributed by atoms with Crippen molar-refractivity contribution in [3.63, 3.8) is 0 Å². The van der Waals surface area contributed by atoms with E-state index in [1.165, 1.54) is 40.6 Å². The van der Waals surface area contributed by atoms with Gasteiger partial charge < -0.3 is 0 Å². The molecule has 0 fully saturated rings. The van der Waals surface area contributed by atoms with Crippen LogP contribution in [0.5, 0.6) is 0 Å². The number of nitrogens with two attached hydrogens (primary N) is 1. The number of azo groups is 1. The minimum atomic E-state index is -3.75. The fraction of sp³-hybridized carbons (Fsp3) is 0.0667. The molecular formula is C15H11N5O3S2. The van der Waals surface area contributed by atoms with Gasteiger partial charge in [0.25, 0.3) is 5.91 Å². The second-order valence-electron chi connectivity index (χ2n) is 5.28. The van der Waals surface area contributed by atoms with Gasteiger partial charge in [-0.25, -0.2) is 18.5 Å². The first-order valence-electron chi connectivity index (χ1n) is 7.15. The minimum Gasteiger partial charge on any atom is -0.270 e. The fourth-order valence-corrected chi connectivity index (χ4v) is 3.91. The number of carbonyl (C=O) groups excluding carboxylic acids is 1. The number of nitrogens with zero attached hydrogens (tertiary/aromatic N) is 4. The van der Waals surface area contributed by atoms with E-state index in [0.29, 0.717) is 10.8 Å². The Morgan fingerprint density at radius 3 is 2.56 bits per heavy atom. The molecule has 3 aromatic rings. The van der Waals surface area contributed by atoms with Gasteiger partial charge in [-0.2, -0.15) is 10.2 Å². The molecule has 126 valence electrons. The Kier molecular flexibility index (Phi) is 3.67. The summed E-state index contributed by atoms with van der Waals surface area (Å²) in [5.74, 6) is -0.210. The van der Waals surface area contributed by atoms with Crippen molar-refractivity contribution in [1.82, 2.24) is 9.55 Å². The number of carbonyl (C=O) groups is 1. The van der Waals surface area contributed by atoms with E-state index in [0.717, 1.165) is 11.0 Å². The van der Waals surface area contributed by atoms with E-state index in [2.05, 4.69) is 15.2 Å². The lowest BCUT2D eigenvalue weighted by atomic mass is 10.3. The van der Waals surface area contributed by atoms with Crippen molar-refractivity contribution in [2.75, 3.05) is 0 Å². The Morgan fingerprint density at radius 2 is 1.84 bits per heavy atom. The number of hydrogen-bond donors (Lipinski definition) is 1. The van der Waals surface area contributed by atoms with Crippen molar-refractivity contribution in [3.8, 4) is 0 Å². The van der Waals surface area contributed by atoms with Gasteiger partial charge in [-0.1, -0.05) is 12.1 Å². The predicted molar refractivity (Wildman–Crippen MR) is 92.3 cm³/mol. The lowest BCUT2D eigenvalue weighted by Gasteiger charge is -2.01. The van der Waals surface area contributed by atoms with E-state index in [9.17, 15) is 13.2 Å². The Hall–Kier alpha value is -2.56. The highest BCUT2D eigenvalue weighted by Crippen LogP contribution is 2.36. The van der Waals surface area contributed by atoms with Crippen LogP contribution in [0.25, 0.3) is 11.0 Å². The van der Waals surface area contributed by atoms with Gasteiger partial charge >= 0.3 is 0 Å². The van der Waals surface area contributed by atoms with Crippen LogP contribution in [-0.4, -0.2) is 29.2 Å². The van der Waals surface area contributed by atoms with E-state index in [1.54, 1.807) is 0 Å². The van der Waals surface area contributed by atoms with Gasteiger partial charge in [0.2, 0.25) is 15.4 Å². The molecule has 0 saturated heterocycles. The van der Waals surface area contributed by atoms with Crippen molar-refractivity contribution in [2.24, 2.45) is 15.4 Å². The summed E-state index contributed by atoms with van der Waals surface area (Å²) >= 11 is 1.22. The summed E-state index contributed by atoms with van der Waals surface area (Å²) in [4.78, 5) is 16.9. The van der Waals surface area contributed by atoms with Gasteiger partial charge in [0.1, 0.15) is 0 Å². The zero-order chi connectivity index (χ0) is 17.6. The normalized spacial score (nSPS) is 17.5. The summed E-state index contributed by atoms with van der Waals surface area (Å²) in [6, 6.07) is 13.0. The number of hydrogen-bond acceptors (Lipinski definition) is 7. The Balaban J connectivity index is 1.57. The van der Waals surface area contributed by atoms with Crippen molar-refractivity contribution < 1.29 is 13.2 Å². The molecule has 2 aromatic carbocycles. The second-order valence-corrected chi connectivity index (χ2v) is 7.89. The molecule has 4 rings (SSSR count). The third kappa shape index (κ3) is 2.84. The molecule has 1 aromatic heterocycles. The smallest absolute Gasteiger partial charge is 0.270 e. The molecule has 1 aliphatic rings. The molecule has 0 bridgehead atoms. The topological polar surface area (TPSA) is 120 Å². The van der Waals surface area contributed by atoms with Crippen LogP contribution in [-0.2, 0) is 10.0 Å². The summed E-state index contributed by atoms with van der Waals surface area (Å²) in [5.41, 5.74) is 1.92. The molecule has 25 heavy (non-hydrogen) atoms. The number of para-hydroxylation sites is 2. The van der Waals surface area contributed by atoms with Gasteiger partial charge in [-0.15, -0.1) is 0 Å². The number of benzene rings is 2. The lowest BCUT2D eigenvalue weighted by molar-refractivity contribution is 0.0915. The van der Waals surface area contributed by atoms with E-state index in [1.807, 2.05) is 24.3 Å². The van der Waals surface area contributed by atoms with Crippen molar-refractivity contribution in [1.29, 1.82) is 0 Å². The molecule has 1 aliphatic heterocycles. The van der Waals surface area contributed by atoms with Crippen LogP contribution >= 0.6 is 11.8 Å². The van der Waals surface area contributed by atoms with Crippen LogP contribution < -0.4 is 5.14 Å². The van der Waals surface area contributed by atoms with Crippen LogP contribution in [0.3, 0.4) is 0 Å². The maximum atomic E-state index is 12.5. The predicted octanol–water partition coefficient (Wildman–Crippen LogP) is 2.54. The zero-order valence-electron chi connectivity index (χ0n) is 12.6. The number of rotatable bonds is 3. The molecule has 0 spiro atoms. The molecule has 8 nitrogen and oxygen atoms in total. The number of imidazole rings is 1. The van der Waals surface area contributed by atoms with Crippen LogP contribution in [0.1, 0.15) is 4.79 Å². The van der Waals surface area contributed by atoms with E-state index in [4.69, 9.17) is 5.14 Å². The zero-order valence-corrected chi connectivity index (χ0v) is 14.2. The third-order valence-corrected chi connectivity index (χ3v) is 5.56. The standard InChI is InChI=1S/C15H11N5O3S2/c16-25(22,23)10-7-5-9(6-8-10)18-19-13-14(21)20-12-4-2-1-3-11(12)17-15(20)24-13/h1-8,13H,(H2,16,22,23)/t13-/m0/s1. The second kappa shape index (κ2) is 5.76. The molecule has 0 aliphatic carbocycles. The third-order valence-electron chi connectivity index (χ3n) is 3.62. The first-order chi connectivity index (χ1) is 11.9. The first kappa shape index (κ1) is 15.9. The number of aromatic nitrogens is 2. The minimum absolute atomic E-state index is 0.00984. The summed E-state index contributed by atoms with van der Waals surface area (Å²) in [6.07, 6.45) is 0. The van der Waals surface area contributed by atoms with Crippen molar-refractivity contribution in [2.45, 2.75) is 15.4 Å². The largest absolute Gasteiger partial charge is 0.270 e. The number of sulfonamides is 1. The van der Waals surface area contributed by atoms with Crippen LogP contribution in [0, 0.1) is 0 Å². The van der Waals surface area contributed by atoms with Gasteiger partial charge in [-0.3, -0.25) is 9.36 Å². The molecular weight excluding hydrogens is 362 g/mol. The van der Waals surface area contributed by atoms with Crippen LogP contribution in [0.15, 0.2) is 68.8 Å². The van der Waals surface area contributed by atoms with Crippen LogP contribution in [0.2, 0.25) is 0 Å². The molecule has 0 saturated carbocycles. The van der Waals surface area contributed by atoms with E-state index in [-0.39, 0.29) is 10.8 Å². The molecule has 1 atom stereocenters. The summed E-state index contributed by atoms with van der Waals surface area (Å²) in [5, 5.41) is 13.0. The average molecular weight is 373 g/mol. The number of thioether (sulfide) groups is 1. The monoisotopic (exact) mass is 373 g/mol. The average Bonchev–Trinajstić information content (AvgIpc) is 3.09. The van der Waals surface area contributed by atoms with Gasteiger partial charge in [0.05, 0.1) is 21.6 Å². The Bertz CT molecular complexity index is 1120. The molecule has 2 N–H and O–H groups in total. The molecule has 0 amide bonds. The summed E-state index contributed by atoms with van der Waals surface area (Å²) in [6.45, 7) is 0. The summed E-state index contributed by atoms with van der Waals surface area (Å²) < 4.78 is 24.0. The Labute approximate surface area is 146 Å². The SMILES string of the molecule is NS(=O)(=O)c1ccc(N=N[C@H]2Sc3nc4ccccc4n3C2=O)cc1. The van der Waals surface area contributed by atoms with Crippen LogP contribution in [0.4, 0.5) is 5.69 Å². The highest BCUT2D eigenvalue weighted by molar-refractivity contribution is 8.00. The molecule has 2 heterocycles. The van der Waals surface area contributed by atoms with E-state index >= 15 is 0 Å². The quantitative estimate of drug-likeness (QED) is 0.707. The number of primary sulfonamides is 1. The molecule has 0 radical (unpaired) electrons. The number of fused-ring (bicyclic) bond motifs is 3. The van der Waals surface area contributed by atoms with E-state index < -0.39 is 15.4 Å². The lowest BCUT2D eigenvalue weighted by Crippen LogP contribution is -2.15.